The van der Waals surface area contributed by atoms with Crippen LogP contribution in [0, 0.1) is 0 Å². The predicted molar refractivity (Wildman–Crippen MR) is 80.9 cm³/mol. The maximum absolute atomic E-state index is 4.34. The molecule has 0 fully saturated rings. The highest BCUT2D eigenvalue weighted by Gasteiger charge is 2.05. The van der Waals surface area contributed by atoms with Crippen LogP contribution in [0.25, 0.3) is 0 Å². The Morgan fingerprint density at radius 2 is 1.89 bits per heavy atom. The molecule has 0 saturated carbocycles. The van der Waals surface area contributed by atoms with Crippen molar-refractivity contribution in [3.63, 3.8) is 0 Å². The minimum atomic E-state index is 0.736. The largest absolute Gasteiger partial charge is 0.340 e. The summed E-state index contributed by atoms with van der Waals surface area (Å²) in [5.74, 6) is 0.736. The van der Waals surface area contributed by atoms with Gasteiger partial charge in [-0.2, -0.15) is 0 Å². The van der Waals surface area contributed by atoms with Crippen LogP contribution in [-0.2, 0) is 11.9 Å². The number of nitrogens with zero attached hydrogens (tertiary/aromatic N) is 3. The number of benzene rings is 1. The van der Waals surface area contributed by atoms with E-state index in [1.54, 1.807) is 0 Å². The van der Waals surface area contributed by atoms with Crippen LogP contribution in [0.2, 0.25) is 0 Å². The molecule has 0 aliphatic carbocycles. The van der Waals surface area contributed by atoms with E-state index in [-0.39, 0.29) is 0 Å². The number of halogens is 2. The lowest BCUT2D eigenvalue weighted by atomic mass is 10.2. The van der Waals surface area contributed by atoms with Gasteiger partial charge in [0.25, 0.3) is 0 Å². The molecule has 2 rings (SSSR count). The van der Waals surface area contributed by atoms with E-state index in [4.69, 9.17) is 0 Å². The SMILES string of the molecule is CN(Cc1cccc(Br)c1)c1ncc(CBr)cn1. The van der Waals surface area contributed by atoms with Gasteiger partial charge in [-0.25, -0.2) is 9.97 Å². The Morgan fingerprint density at radius 1 is 1.17 bits per heavy atom. The van der Waals surface area contributed by atoms with Crippen LogP contribution in [0.4, 0.5) is 5.95 Å². The molecule has 0 bridgehead atoms. The van der Waals surface area contributed by atoms with E-state index >= 15 is 0 Å². The molecule has 1 heterocycles. The van der Waals surface area contributed by atoms with Crippen molar-refractivity contribution in [2.45, 2.75) is 11.9 Å². The monoisotopic (exact) mass is 369 g/mol. The summed E-state index contributed by atoms with van der Waals surface area (Å²) in [6.07, 6.45) is 3.68. The fourth-order valence-electron chi connectivity index (χ4n) is 1.59. The minimum absolute atomic E-state index is 0.736. The number of rotatable bonds is 4. The van der Waals surface area contributed by atoms with Crippen molar-refractivity contribution in [3.8, 4) is 0 Å². The van der Waals surface area contributed by atoms with Gasteiger partial charge in [0.2, 0.25) is 5.95 Å². The first kappa shape index (κ1) is 13.5. The Hall–Kier alpha value is -0.940. The first-order valence-electron chi connectivity index (χ1n) is 5.51. The predicted octanol–water partition coefficient (Wildman–Crippen LogP) is 3.77. The number of hydrogen-bond acceptors (Lipinski definition) is 3. The van der Waals surface area contributed by atoms with E-state index in [9.17, 15) is 0 Å². The highest BCUT2D eigenvalue weighted by molar-refractivity contribution is 9.10. The van der Waals surface area contributed by atoms with Crippen molar-refractivity contribution in [2.24, 2.45) is 0 Å². The average Bonchev–Trinajstić information content (AvgIpc) is 2.39. The fraction of sp³-hybridized carbons (Fsp3) is 0.231. The second kappa shape index (κ2) is 6.29. The molecule has 0 spiro atoms. The van der Waals surface area contributed by atoms with E-state index in [1.165, 1.54) is 5.56 Å². The number of aromatic nitrogens is 2. The van der Waals surface area contributed by atoms with Crippen LogP contribution >= 0.6 is 31.9 Å². The van der Waals surface area contributed by atoms with Crippen molar-refractivity contribution < 1.29 is 0 Å². The molecule has 0 aliphatic rings. The van der Waals surface area contributed by atoms with Gasteiger partial charge in [0.15, 0.2) is 0 Å². The number of anilines is 1. The number of hydrogen-bond donors (Lipinski definition) is 0. The Labute approximate surface area is 124 Å². The van der Waals surface area contributed by atoms with Crippen LogP contribution in [0.15, 0.2) is 41.1 Å². The summed E-state index contributed by atoms with van der Waals surface area (Å²) in [5, 5.41) is 0.780. The van der Waals surface area contributed by atoms with Crippen molar-refractivity contribution in [3.05, 3.63) is 52.3 Å². The van der Waals surface area contributed by atoms with Gasteiger partial charge < -0.3 is 4.90 Å². The first-order chi connectivity index (χ1) is 8.69. The third kappa shape index (κ3) is 3.53. The lowest BCUT2D eigenvalue weighted by molar-refractivity contribution is 0.863. The Balaban J connectivity index is 2.09. The van der Waals surface area contributed by atoms with Gasteiger partial charge in [-0.1, -0.05) is 44.0 Å². The van der Waals surface area contributed by atoms with E-state index in [1.807, 2.05) is 36.5 Å². The molecule has 0 saturated heterocycles. The van der Waals surface area contributed by atoms with Crippen molar-refractivity contribution in [1.82, 2.24) is 9.97 Å². The van der Waals surface area contributed by atoms with Gasteiger partial charge in [0, 0.05) is 35.8 Å². The van der Waals surface area contributed by atoms with Crippen molar-refractivity contribution >= 4 is 37.8 Å². The summed E-state index contributed by atoms with van der Waals surface area (Å²) >= 11 is 6.85. The highest BCUT2D eigenvalue weighted by atomic mass is 79.9. The molecular formula is C13H13Br2N3. The second-order valence-electron chi connectivity index (χ2n) is 4.01. The molecule has 2 aromatic rings. The van der Waals surface area contributed by atoms with Crippen LogP contribution < -0.4 is 4.90 Å². The topological polar surface area (TPSA) is 29.0 Å². The Kier molecular flexibility index (Phi) is 4.72. The zero-order chi connectivity index (χ0) is 13.0. The van der Waals surface area contributed by atoms with Crippen molar-refractivity contribution in [1.29, 1.82) is 0 Å². The maximum Gasteiger partial charge on any atom is 0.225 e. The van der Waals surface area contributed by atoms with Crippen LogP contribution in [0.5, 0.6) is 0 Å². The third-order valence-electron chi connectivity index (χ3n) is 2.50. The summed E-state index contributed by atoms with van der Waals surface area (Å²) < 4.78 is 1.09. The summed E-state index contributed by atoms with van der Waals surface area (Å²) in [6.45, 7) is 0.785. The minimum Gasteiger partial charge on any atom is -0.340 e. The Morgan fingerprint density at radius 3 is 2.50 bits per heavy atom. The molecule has 18 heavy (non-hydrogen) atoms. The lowest BCUT2D eigenvalue weighted by Crippen LogP contribution is -2.19. The van der Waals surface area contributed by atoms with Gasteiger partial charge in [-0.05, 0) is 23.3 Å². The number of alkyl halides is 1. The standard InChI is InChI=1S/C13H13Br2N3/c1-18(9-10-3-2-4-12(15)5-10)13-16-7-11(6-14)8-17-13/h2-5,7-8H,6,9H2,1H3. The highest BCUT2D eigenvalue weighted by Crippen LogP contribution is 2.15. The van der Waals surface area contributed by atoms with Crippen molar-refractivity contribution in [2.75, 3.05) is 11.9 Å². The third-order valence-corrected chi connectivity index (χ3v) is 3.64. The molecule has 0 amide bonds. The molecule has 3 nitrogen and oxygen atoms in total. The summed E-state index contributed by atoms with van der Waals surface area (Å²) in [7, 11) is 1.99. The zero-order valence-corrected chi connectivity index (χ0v) is 13.1. The van der Waals surface area contributed by atoms with Gasteiger partial charge in [0.1, 0.15) is 0 Å². The molecule has 0 radical (unpaired) electrons. The van der Waals surface area contributed by atoms with Crippen LogP contribution in [0.1, 0.15) is 11.1 Å². The summed E-state index contributed by atoms with van der Waals surface area (Å²) in [6, 6.07) is 8.24. The summed E-state index contributed by atoms with van der Waals surface area (Å²) in [4.78, 5) is 10.7. The van der Waals surface area contributed by atoms with E-state index < -0.39 is 0 Å². The normalized spacial score (nSPS) is 10.4. The molecule has 0 aliphatic heterocycles. The van der Waals surface area contributed by atoms with Crippen LogP contribution in [0.3, 0.4) is 0 Å². The van der Waals surface area contributed by atoms with Gasteiger partial charge >= 0.3 is 0 Å². The Bertz CT molecular complexity index is 514. The quantitative estimate of drug-likeness (QED) is 0.767. The molecule has 1 aromatic heterocycles. The molecular weight excluding hydrogens is 358 g/mol. The molecule has 5 heteroatoms. The summed E-state index contributed by atoms with van der Waals surface area (Å²) in [5.41, 5.74) is 2.30. The van der Waals surface area contributed by atoms with E-state index in [0.717, 1.165) is 27.9 Å². The van der Waals surface area contributed by atoms with Gasteiger partial charge in [-0.3, -0.25) is 0 Å². The molecule has 1 aromatic carbocycles. The lowest BCUT2D eigenvalue weighted by Gasteiger charge is -2.17. The molecule has 0 atom stereocenters. The zero-order valence-electron chi connectivity index (χ0n) is 9.98. The molecule has 94 valence electrons. The smallest absolute Gasteiger partial charge is 0.225 e. The second-order valence-corrected chi connectivity index (χ2v) is 5.49. The average molecular weight is 371 g/mol. The first-order valence-corrected chi connectivity index (χ1v) is 7.43. The maximum atomic E-state index is 4.34. The van der Waals surface area contributed by atoms with Gasteiger partial charge in [-0.15, -0.1) is 0 Å². The fourth-order valence-corrected chi connectivity index (χ4v) is 2.33. The molecule has 0 N–H and O–H groups in total. The molecule has 0 unspecified atom stereocenters. The van der Waals surface area contributed by atoms with E-state index in [2.05, 4.69) is 54.0 Å². The van der Waals surface area contributed by atoms with Gasteiger partial charge in [0.05, 0.1) is 0 Å². The van der Waals surface area contributed by atoms with Crippen LogP contribution in [-0.4, -0.2) is 17.0 Å². The van der Waals surface area contributed by atoms with E-state index in [0.29, 0.717) is 0 Å².